The molecule has 0 heterocycles. The lowest BCUT2D eigenvalue weighted by Crippen LogP contribution is -2.23. The zero-order chi connectivity index (χ0) is 20.0. The highest BCUT2D eigenvalue weighted by atomic mass is 35.5. The number of methoxy groups -OCH3 is 2. The Kier molecular flexibility index (Phi) is 6.74. The quantitative estimate of drug-likeness (QED) is 0.323. The van der Waals surface area contributed by atoms with Crippen molar-refractivity contribution in [1.82, 2.24) is 5.43 Å². The Morgan fingerprint density at radius 1 is 1.26 bits per heavy atom. The number of benzene rings is 2. The molecule has 0 aliphatic rings. The minimum Gasteiger partial charge on any atom is -0.867 e. The van der Waals surface area contributed by atoms with E-state index in [0.29, 0.717) is 17.2 Å². The largest absolute Gasteiger partial charge is 0.867 e. The Balaban J connectivity index is 2.07. The first-order chi connectivity index (χ1) is 12.8. The molecule has 0 fully saturated rings. The smallest absolute Gasteiger partial charge is 0.263 e. The SMILES string of the molecule is COc1ccc(NC(=S)N/N=C\c2cc(Cl)cc([N+](=O)[O-])c2[O-])cc1OC. The van der Waals surface area contributed by atoms with Crippen LogP contribution in [-0.4, -0.2) is 30.5 Å². The summed E-state index contributed by atoms with van der Waals surface area (Å²) in [4.78, 5) is 10.0. The van der Waals surface area contributed by atoms with Gasteiger partial charge >= 0.3 is 0 Å². The van der Waals surface area contributed by atoms with Crippen molar-refractivity contribution >= 4 is 46.5 Å². The predicted octanol–water partition coefficient (Wildman–Crippen LogP) is 2.66. The third-order valence-corrected chi connectivity index (χ3v) is 3.68. The molecule has 142 valence electrons. The fourth-order valence-electron chi connectivity index (χ4n) is 2.06. The Hall–Kier alpha value is -3.11. The summed E-state index contributed by atoms with van der Waals surface area (Å²) in [7, 11) is 3.03. The molecule has 2 aromatic rings. The molecule has 0 aliphatic carbocycles. The summed E-state index contributed by atoms with van der Waals surface area (Å²) in [5.41, 5.74) is 2.45. The normalized spacial score (nSPS) is 10.5. The fourth-order valence-corrected chi connectivity index (χ4v) is 2.46. The van der Waals surface area contributed by atoms with Gasteiger partial charge in [-0.1, -0.05) is 11.6 Å². The third kappa shape index (κ3) is 5.19. The van der Waals surface area contributed by atoms with Crippen LogP contribution in [0.15, 0.2) is 35.4 Å². The van der Waals surface area contributed by atoms with E-state index in [1.165, 1.54) is 20.3 Å². The monoisotopic (exact) mass is 409 g/mol. The maximum Gasteiger partial charge on any atom is 0.263 e. The van der Waals surface area contributed by atoms with Gasteiger partial charge in [0, 0.05) is 22.8 Å². The highest BCUT2D eigenvalue weighted by Crippen LogP contribution is 2.30. The number of nitro benzene ring substituents is 1. The van der Waals surface area contributed by atoms with E-state index in [0.717, 1.165) is 12.3 Å². The number of ether oxygens (including phenoxy) is 2. The molecule has 0 aliphatic heterocycles. The van der Waals surface area contributed by atoms with Crippen LogP contribution < -0.4 is 25.3 Å². The zero-order valence-electron chi connectivity index (χ0n) is 14.2. The first kappa shape index (κ1) is 20.2. The van der Waals surface area contributed by atoms with Crippen LogP contribution in [0.25, 0.3) is 0 Å². The van der Waals surface area contributed by atoms with Crippen LogP contribution in [0, 0.1) is 10.1 Å². The van der Waals surface area contributed by atoms with E-state index in [-0.39, 0.29) is 15.7 Å². The number of nitrogens with one attached hydrogen (secondary N) is 2. The van der Waals surface area contributed by atoms with Crippen molar-refractivity contribution in [2.45, 2.75) is 0 Å². The van der Waals surface area contributed by atoms with E-state index in [1.807, 2.05) is 0 Å². The van der Waals surface area contributed by atoms with Gasteiger partial charge in [-0.05, 0) is 41.7 Å². The van der Waals surface area contributed by atoms with Crippen molar-refractivity contribution in [3.63, 3.8) is 0 Å². The maximum atomic E-state index is 12.0. The standard InChI is InChI=1S/C16H15ClN4O5S/c1-25-13-4-3-11(7-14(13)26-2)19-16(27)20-18-8-9-5-10(17)6-12(15(9)22)21(23)24/h3-8,22H,1-2H3,(H2,19,20,27)/p-1/b18-8-. The van der Waals surface area contributed by atoms with Crippen LogP contribution in [0.2, 0.25) is 5.02 Å². The van der Waals surface area contributed by atoms with Crippen molar-refractivity contribution in [1.29, 1.82) is 0 Å². The summed E-state index contributed by atoms with van der Waals surface area (Å²) >= 11 is 10.9. The first-order valence-electron chi connectivity index (χ1n) is 7.32. The highest BCUT2D eigenvalue weighted by Gasteiger charge is 2.11. The van der Waals surface area contributed by atoms with E-state index in [4.69, 9.17) is 33.3 Å². The molecule has 11 heteroatoms. The summed E-state index contributed by atoms with van der Waals surface area (Å²) in [6, 6.07) is 7.34. The van der Waals surface area contributed by atoms with E-state index >= 15 is 0 Å². The van der Waals surface area contributed by atoms with Crippen LogP contribution in [0.4, 0.5) is 11.4 Å². The Labute approximate surface area is 164 Å². The lowest BCUT2D eigenvalue weighted by molar-refractivity contribution is -0.398. The molecule has 0 radical (unpaired) electrons. The minimum absolute atomic E-state index is 0.0457. The molecule has 27 heavy (non-hydrogen) atoms. The molecule has 0 amide bonds. The van der Waals surface area contributed by atoms with Crippen LogP contribution in [0.3, 0.4) is 0 Å². The molecule has 0 atom stereocenters. The van der Waals surface area contributed by atoms with Gasteiger partial charge in [-0.15, -0.1) is 0 Å². The average Bonchev–Trinajstić information content (AvgIpc) is 2.63. The van der Waals surface area contributed by atoms with Crippen molar-refractivity contribution in [2.24, 2.45) is 5.10 Å². The van der Waals surface area contributed by atoms with Crippen molar-refractivity contribution < 1.29 is 19.5 Å². The van der Waals surface area contributed by atoms with E-state index in [9.17, 15) is 15.2 Å². The van der Waals surface area contributed by atoms with Gasteiger partial charge in [0.15, 0.2) is 16.6 Å². The van der Waals surface area contributed by atoms with Gasteiger partial charge in [0.25, 0.3) is 5.69 Å². The van der Waals surface area contributed by atoms with Crippen LogP contribution in [0.1, 0.15) is 5.56 Å². The number of hydrogen-bond acceptors (Lipinski definition) is 7. The summed E-state index contributed by atoms with van der Waals surface area (Å²) in [5, 5.41) is 29.7. The molecule has 0 saturated heterocycles. The number of thiocarbonyl (C=S) groups is 1. The number of nitro groups is 1. The number of rotatable bonds is 6. The molecule has 2 rings (SSSR count). The van der Waals surface area contributed by atoms with Gasteiger partial charge < -0.3 is 19.9 Å². The summed E-state index contributed by atoms with van der Waals surface area (Å²) in [5.74, 6) is 0.273. The second kappa shape index (κ2) is 9.01. The fraction of sp³-hybridized carbons (Fsp3) is 0.125. The molecular weight excluding hydrogens is 396 g/mol. The van der Waals surface area contributed by atoms with Gasteiger partial charge in [0.1, 0.15) is 0 Å². The van der Waals surface area contributed by atoms with Gasteiger partial charge in [0.2, 0.25) is 0 Å². The Bertz CT molecular complexity index is 907. The topological polar surface area (TPSA) is 121 Å². The van der Waals surface area contributed by atoms with E-state index in [1.54, 1.807) is 18.2 Å². The lowest BCUT2D eigenvalue weighted by atomic mass is 10.2. The summed E-state index contributed by atoms with van der Waals surface area (Å²) < 4.78 is 10.3. The van der Waals surface area contributed by atoms with Crippen LogP contribution >= 0.6 is 23.8 Å². The van der Waals surface area contributed by atoms with E-state index in [2.05, 4.69) is 15.8 Å². The number of hydrazone groups is 1. The van der Waals surface area contributed by atoms with Gasteiger partial charge in [0.05, 0.1) is 25.4 Å². The molecule has 0 saturated carbocycles. The number of anilines is 1. The lowest BCUT2D eigenvalue weighted by Gasteiger charge is -2.12. The highest BCUT2D eigenvalue weighted by molar-refractivity contribution is 7.80. The minimum atomic E-state index is -0.803. The van der Waals surface area contributed by atoms with Crippen LogP contribution in [0.5, 0.6) is 17.2 Å². The Morgan fingerprint density at radius 3 is 2.59 bits per heavy atom. The maximum absolute atomic E-state index is 12.0. The third-order valence-electron chi connectivity index (χ3n) is 3.27. The molecule has 9 nitrogen and oxygen atoms in total. The first-order valence-corrected chi connectivity index (χ1v) is 8.11. The number of nitrogens with zero attached hydrogens (tertiary/aromatic N) is 2. The number of hydrogen-bond donors (Lipinski definition) is 2. The Morgan fingerprint density at radius 2 is 1.96 bits per heavy atom. The molecule has 0 aromatic heterocycles. The van der Waals surface area contributed by atoms with Gasteiger partial charge in [-0.3, -0.25) is 15.5 Å². The van der Waals surface area contributed by atoms with Crippen molar-refractivity contribution in [3.05, 3.63) is 51.0 Å². The van der Waals surface area contributed by atoms with Gasteiger partial charge in [-0.25, -0.2) is 0 Å². The second-order valence-electron chi connectivity index (χ2n) is 4.99. The van der Waals surface area contributed by atoms with Crippen molar-refractivity contribution in [2.75, 3.05) is 19.5 Å². The van der Waals surface area contributed by atoms with Crippen molar-refractivity contribution in [3.8, 4) is 17.2 Å². The molecule has 2 N–H and O–H groups in total. The predicted molar refractivity (Wildman–Crippen MR) is 104 cm³/mol. The molecular formula is C16H14ClN4O5S-. The summed E-state index contributed by atoms with van der Waals surface area (Å²) in [6.07, 6.45) is 1.10. The molecule has 0 spiro atoms. The number of halogens is 1. The molecule has 0 unspecified atom stereocenters. The van der Waals surface area contributed by atoms with Crippen LogP contribution in [-0.2, 0) is 0 Å². The van der Waals surface area contributed by atoms with E-state index < -0.39 is 16.4 Å². The second-order valence-corrected chi connectivity index (χ2v) is 5.84. The average molecular weight is 410 g/mol. The molecule has 0 bridgehead atoms. The summed E-state index contributed by atoms with van der Waals surface area (Å²) in [6.45, 7) is 0. The zero-order valence-corrected chi connectivity index (χ0v) is 15.8. The molecule has 2 aromatic carbocycles. The van der Waals surface area contributed by atoms with Gasteiger partial charge in [-0.2, -0.15) is 5.10 Å².